The minimum absolute atomic E-state index is 0.571. The number of nitrogens with zero attached hydrogens (tertiary/aromatic N) is 2. The summed E-state index contributed by atoms with van der Waals surface area (Å²) in [7, 11) is 1.68. The molecule has 0 radical (unpaired) electrons. The van der Waals surface area contributed by atoms with Crippen molar-refractivity contribution in [2.75, 3.05) is 12.4 Å². The number of hydrogen-bond donors (Lipinski definition) is 1. The Morgan fingerprint density at radius 1 is 0.730 bits per heavy atom. The standard InChI is InChI=1S/C32H25N3OS/c1-36-26-18-16-23(17-19-26)30-27(20-22-10-4-2-5-11-22)31(29-21-24-12-8-9-15-28(24)37-29)35-32(34-30)33-25-13-6-3-7-14-25/h2-19,21H,20H2,1H3,(H,33,34,35). The first kappa shape index (κ1) is 23.0. The van der Waals surface area contributed by atoms with Gasteiger partial charge in [-0.25, -0.2) is 9.97 Å². The molecule has 0 amide bonds. The van der Waals surface area contributed by atoms with E-state index in [2.05, 4.69) is 72.0 Å². The van der Waals surface area contributed by atoms with Gasteiger partial charge in [0.15, 0.2) is 0 Å². The molecule has 2 aromatic heterocycles. The minimum atomic E-state index is 0.571. The van der Waals surface area contributed by atoms with Crippen molar-refractivity contribution in [1.29, 1.82) is 0 Å². The zero-order valence-electron chi connectivity index (χ0n) is 20.4. The second kappa shape index (κ2) is 10.2. The quantitative estimate of drug-likeness (QED) is 0.240. The third kappa shape index (κ3) is 4.95. The molecule has 0 aliphatic rings. The largest absolute Gasteiger partial charge is 0.497 e. The van der Waals surface area contributed by atoms with Crippen LogP contribution in [-0.4, -0.2) is 17.1 Å². The van der Waals surface area contributed by atoms with Crippen molar-refractivity contribution in [2.45, 2.75) is 6.42 Å². The fraction of sp³-hybridized carbons (Fsp3) is 0.0625. The topological polar surface area (TPSA) is 47.0 Å². The molecule has 1 N–H and O–H groups in total. The Labute approximate surface area is 220 Å². The molecule has 0 unspecified atom stereocenters. The number of hydrogen-bond acceptors (Lipinski definition) is 5. The smallest absolute Gasteiger partial charge is 0.228 e. The van der Waals surface area contributed by atoms with Crippen molar-refractivity contribution in [3.8, 4) is 27.6 Å². The Hall–Kier alpha value is -4.48. The van der Waals surface area contributed by atoms with E-state index in [-0.39, 0.29) is 0 Å². The lowest BCUT2D eigenvalue weighted by Crippen LogP contribution is -2.06. The van der Waals surface area contributed by atoms with Crippen LogP contribution in [-0.2, 0) is 6.42 Å². The van der Waals surface area contributed by atoms with Gasteiger partial charge in [0.05, 0.1) is 23.4 Å². The molecule has 5 heteroatoms. The number of benzene rings is 4. The molecule has 6 rings (SSSR count). The molecule has 0 spiro atoms. The number of para-hydroxylation sites is 1. The molecule has 6 aromatic rings. The highest BCUT2D eigenvalue weighted by Crippen LogP contribution is 2.39. The second-order valence-corrected chi connectivity index (χ2v) is 9.84. The summed E-state index contributed by atoms with van der Waals surface area (Å²) >= 11 is 1.76. The molecule has 2 heterocycles. The molecular formula is C32H25N3OS. The molecule has 4 nitrogen and oxygen atoms in total. The number of methoxy groups -OCH3 is 1. The van der Waals surface area contributed by atoms with E-state index in [0.717, 1.165) is 45.2 Å². The Bertz CT molecular complexity index is 1610. The predicted molar refractivity (Wildman–Crippen MR) is 154 cm³/mol. The van der Waals surface area contributed by atoms with Crippen molar-refractivity contribution >= 4 is 33.1 Å². The van der Waals surface area contributed by atoms with Crippen LogP contribution in [0.4, 0.5) is 11.6 Å². The summed E-state index contributed by atoms with van der Waals surface area (Å²) in [5.74, 6) is 1.39. The summed E-state index contributed by atoms with van der Waals surface area (Å²) in [5, 5.41) is 4.65. The van der Waals surface area contributed by atoms with E-state index in [9.17, 15) is 0 Å². The van der Waals surface area contributed by atoms with E-state index in [4.69, 9.17) is 14.7 Å². The van der Waals surface area contributed by atoms with Crippen LogP contribution in [0.1, 0.15) is 11.1 Å². The molecule has 0 saturated carbocycles. The van der Waals surface area contributed by atoms with Gasteiger partial charge < -0.3 is 10.1 Å². The maximum atomic E-state index is 5.42. The number of aromatic nitrogens is 2. The van der Waals surface area contributed by atoms with Crippen molar-refractivity contribution < 1.29 is 4.74 Å². The average molecular weight is 500 g/mol. The molecule has 4 aromatic carbocycles. The fourth-order valence-electron chi connectivity index (χ4n) is 4.45. The monoisotopic (exact) mass is 499 g/mol. The number of anilines is 2. The maximum Gasteiger partial charge on any atom is 0.228 e. The number of thiophene rings is 1. The summed E-state index contributed by atoms with van der Waals surface area (Å²) in [6.07, 6.45) is 0.720. The Balaban J connectivity index is 1.58. The van der Waals surface area contributed by atoms with Crippen LogP contribution in [0.25, 0.3) is 31.9 Å². The summed E-state index contributed by atoms with van der Waals surface area (Å²) in [6.45, 7) is 0. The lowest BCUT2D eigenvalue weighted by atomic mass is 9.97. The number of ether oxygens (including phenoxy) is 1. The molecule has 0 saturated heterocycles. The van der Waals surface area contributed by atoms with Crippen molar-refractivity contribution in [3.05, 3.63) is 126 Å². The van der Waals surface area contributed by atoms with Crippen molar-refractivity contribution in [2.24, 2.45) is 0 Å². The van der Waals surface area contributed by atoms with Crippen LogP contribution >= 0.6 is 11.3 Å². The number of nitrogens with one attached hydrogen (secondary N) is 1. The van der Waals surface area contributed by atoms with Crippen molar-refractivity contribution in [1.82, 2.24) is 9.97 Å². The minimum Gasteiger partial charge on any atom is -0.497 e. The third-order valence-corrected chi connectivity index (χ3v) is 7.41. The van der Waals surface area contributed by atoms with Crippen LogP contribution in [0.5, 0.6) is 5.75 Å². The van der Waals surface area contributed by atoms with Gasteiger partial charge in [-0.05, 0) is 59.5 Å². The predicted octanol–water partition coefficient (Wildman–Crippen LogP) is 8.37. The first-order chi connectivity index (χ1) is 18.3. The molecule has 0 fully saturated rings. The van der Waals surface area contributed by atoms with Crippen LogP contribution < -0.4 is 10.1 Å². The summed E-state index contributed by atoms with van der Waals surface area (Å²) < 4.78 is 6.66. The Kier molecular flexibility index (Phi) is 6.36. The van der Waals surface area contributed by atoms with Gasteiger partial charge in [-0.1, -0.05) is 66.7 Å². The summed E-state index contributed by atoms with van der Waals surface area (Å²) in [5.41, 5.74) is 6.14. The highest BCUT2D eigenvalue weighted by atomic mass is 32.1. The van der Waals surface area contributed by atoms with Gasteiger partial charge in [-0.3, -0.25) is 0 Å². The second-order valence-electron chi connectivity index (χ2n) is 8.75. The third-order valence-electron chi connectivity index (χ3n) is 6.28. The molecule has 0 bridgehead atoms. The van der Waals surface area contributed by atoms with E-state index in [1.54, 1.807) is 18.4 Å². The van der Waals surface area contributed by atoms with Crippen molar-refractivity contribution in [3.63, 3.8) is 0 Å². The van der Waals surface area contributed by atoms with Gasteiger partial charge in [0, 0.05) is 27.9 Å². The Morgan fingerprint density at radius 2 is 1.41 bits per heavy atom. The molecular weight excluding hydrogens is 474 g/mol. The molecule has 37 heavy (non-hydrogen) atoms. The van der Waals surface area contributed by atoms with Crippen LogP contribution in [0.15, 0.2) is 115 Å². The van der Waals surface area contributed by atoms with E-state index in [0.29, 0.717) is 5.95 Å². The van der Waals surface area contributed by atoms with E-state index in [1.807, 2.05) is 48.5 Å². The lowest BCUT2D eigenvalue weighted by molar-refractivity contribution is 0.415. The number of fused-ring (bicyclic) bond motifs is 1. The van der Waals surface area contributed by atoms with Gasteiger partial charge in [0.2, 0.25) is 5.95 Å². The summed E-state index contributed by atoms with van der Waals surface area (Å²) in [4.78, 5) is 11.3. The van der Waals surface area contributed by atoms with Crippen LogP contribution in [0, 0.1) is 0 Å². The van der Waals surface area contributed by atoms with Crippen LogP contribution in [0.2, 0.25) is 0 Å². The molecule has 0 aliphatic carbocycles. The zero-order valence-corrected chi connectivity index (χ0v) is 21.2. The van der Waals surface area contributed by atoms with E-state index in [1.165, 1.54) is 15.6 Å². The average Bonchev–Trinajstić information content (AvgIpc) is 3.39. The Morgan fingerprint density at radius 3 is 2.14 bits per heavy atom. The van der Waals surface area contributed by atoms with Gasteiger partial charge in [-0.15, -0.1) is 11.3 Å². The van der Waals surface area contributed by atoms with Gasteiger partial charge in [-0.2, -0.15) is 0 Å². The normalized spacial score (nSPS) is 10.9. The SMILES string of the molecule is COc1ccc(-c2nc(Nc3ccccc3)nc(-c3cc4ccccc4s3)c2Cc2ccccc2)cc1. The lowest BCUT2D eigenvalue weighted by Gasteiger charge is -2.16. The first-order valence-corrected chi connectivity index (χ1v) is 13.0. The summed E-state index contributed by atoms with van der Waals surface area (Å²) in [6, 6.07) is 39.4. The van der Waals surface area contributed by atoms with Gasteiger partial charge in [0.1, 0.15) is 5.75 Å². The number of rotatable bonds is 7. The zero-order chi connectivity index (χ0) is 25.0. The van der Waals surface area contributed by atoms with Crippen LogP contribution in [0.3, 0.4) is 0 Å². The van der Waals surface area contributed by atoms with Gasteiger partial charge in [0.25, 0.3) is 0 Å². The van der Waals surface area contributed by atoms with E-state index >= 15 is 0 Å². The van der Waals surface area contributed by atoms with Gasteiger partial charge >= 0.3 is 0 Å². The highest BCUT2D eigenvalue weighted by molar-refractivity contribution is 7.22. The van der Waals surface area contributed by atoms with E-state index < -0.39 is 0 Å². The fourth-order valence-corrected chi connectivity index (χ4v) is 5.53. The first-order valence-electron chi connectivity index (χ1n) is 12.2. The maximum absolute atomic E-state index is 5.42. The highest BCUT2D eigenvalue weighted by Gasteiger charge is 2.20. The molecule has 0 atom stereocenters. The molecule has 0 aliphatic heterocycles. The molecule has 180 valence electrons.